The highest BCUT2D eigenvalue weighted by molar-refractivity contribution is 5.77. The van der Waals surface area contributed by atoms with Crippen LogP contribution in [0.5, 0.6) is 0 Å². The number of rotatable bonds is 6. The number of amides is 1. The van der Waals surface area contributed by atoms with Gasteiger partial charge in [-0.2, -0.15) is 0 Å². The van der Waals surface area contributed by atoms with E-state index in [1.807, 2.05) is 30.0 Å². The summed E-state index contributed by atoms with van der Waals surface area (Å²) in [5.41, 5.74) is 3.10. The molecule has 1 aromatic heterocycles. The number of fused-ring (bicyclic) bond motifs is 1. The Morgan fingerprint density at radius 1 is 1.31 bits per heavy atom. The molecule has 2 aliphatic heterocycles. The summed E-state index contributed by atoms with van der Waals surface area (Å²) >= 11 is 0. The van der Waals surface area contributed by atoms with Crippen molar-refractivity contribution in [1.82, 2.24) is 19.8 Å². The monoisotopic (exact) mass is 440 g/mol. The maximum atomic E-state index is 13.5. The molecule has 172 valence electrons. The second-order valence-electron chi connectivity index (χ2n) is 8.92. The lowest BCUT2D eigenvalue weighted by atomic mass is 9.96. The molecule has 3 heterocycles. The average Bonchev–Trinajstić information content (AvgIpc) is 2.81. The molecule has 0 spiro atoms. The molecule has 2 aromatic rings. The van der Waals surface area contributed by atoms with Crippen LogP contribution >= 0.6 is 0 Å². The number of benzene rings is 1. The smallest absolute Gasteiger partial charge is 0.224 e. The molecule has 4 rings (SSSR count). The van der Waals surface area contributed by atoms with Gasteiger partial charge in [0.05, 0.1) is 5.69 Å². The summed E-state index contributed by atoms with van der Waals surface area (Å²) < 4.78 is 13.5. The number of carbonyl (C=O) groups excluding carboxylic acids is 1. The van der Waals surface area contributed by atoms with E-state index in [2.05, 4.69) is 17.3 Å². The molecule has 1 atom stereocenters. The first kappa shape index (κ1) is 22.5. The second kappa shape index (κ2) is 9.81. The van der Waals surface area contributed by atoms with Crippen LogP contribution in [-0.2, 0) is 17.8 Å². The maximum absolute atomic E-state index is 13.5. The van der Waals surface area contributed by atoms with E-state index in [4.69, 9.17) is 9.97 Å². The third-order valence-corrected chi connectivity index (χ3v) is 6.56. The van der Waals surface area contributed by atoms with Gasteiger partial charge in [0.25, 0.3) is 0 Å². The Balaban J connectivity index is 1.41. The lowest BCUT2D eigenvalue weighted by molar-refractivity contribution is -0.132. The molecular formula is C24H33FN6O. The minimum absolute atomic E-state index is 0.129. The summed E-state index contributed by atoms with van der Waals surface area (Å²) in [5, 5.41) is 3.25. The predicted octanol–water partition coefficient (Wildman–Crippen LogP) is 2.88. The highest BCUT2D eigenvalue weighted by atomic mass is 19.1. The molecule has 1 saturated heterocycles. The molecule has 0 radical (unpaired) electrons. The number of hydrogen-bond donors (Lipinski definition) is 1. The van der Waals surface area contributed by atoms with Crippen molar-refractivity contribution in [3.63, 3.8) is 0 Å². The minimum Gasteiger partial charge on any atom is -0.374 e. The molecule has 1 amide bonds. The Bertz CT molecular complexity index is 968. The van der Waals surface area contributed by atoms with E-state index < -0.39 is 0 Å². The standard InChI is InChI=1S/C24H33FN6O/c1-26-24-20-9-12-29(2)16-21(20)27-23(28-24)17-6-5-11-31(15-17)22(32)10-13-30(3)19-8-4-7-18(25)14-19/h4,7-8,14,17H,5-6,9-13,15-16H2,1-3H3,(H,26,27,28)/t17-/m0/s1. The van der Waals surface area contributed by atoms with E-state index >= 15 is 0 Å². The topological polar surface area (TPSA) is 64.6 Å². The van der Waals surface area contributed by atoms with Gasteiger partial charge in [0, 0.05) is 70.4 Å². The molecule has 0 aliphatic carbocycles. The van der Waals surface area contributed by atoms with Gasteiger partial charge in [0.2, 0.25) is 5.91 Å². The fraction of sp³-hybridized carbons (Fsp3) is 0.542. The summed E-state index contributed by atoms with van der Waals surface area (Å²) in [6.07, 6.45) is 3.30. The van der Waals surface area contributed by atoms with Gasteiger partial charge in [-0.3, -0.25) is 4.79 Å². The summed E-state index contributed by atoms with van der Waals surface area (Å²) in [7, 11) is 5.92. The van der Waals surface area contributed by atoms with Crippen molar-refractivity contribution in [1.29, 1.82) is 0 Å². The molecule has 1 N–H and O–H groups in total. The van der Waals surface area contributed by atoms with Crippen LogP contribution in [-0.4, -0.2) is 73.0 Å². The number of halogens is 1. The number of likely N-dealkylation sites (N-methyl/N-ethyl adjacent to an activating group) is 1. The van der Waals surface area contributed by atoms with Gasteiger partial charge in [-0.1, -0.05) is 6.07 Å². The first-order chi connectivity index (χ1) is 15.4. The second-order valence-corrected chi connectivity index (χ2v) is 8.92. The fourth-order valence-electron chi connectivity index (χ4n) is 4.65. The summed E-state index contributed by atoms with van der Waals surface area (Å²) in [5.74, 6) is 1.79. The van der Waals surface area contributed by atoms with Crippen LogP contribution in [0.3, 0.4) is 0 Å². The fourth-order valence-corrected chi connectivity index (χ4v) is 4.65. The quantitative estimate of drug-likeness (QED) is 0.745. The van der Waals surface area contributed by atoms with Crippen LogP contribution in [0, 0.1) is 5.82 Å². The largest absolute Gasteiger partial charge is 0.374 e. The molecule has 0 bridgehead atoms. The van der Waals surface area contributed by atoms with Crippen LogP contribution < -0.4 is 10.2 Å². The predicted molar refractivity (Wildman–Crippen MR) is 124 cm³/mol. The zero-order chi connectivity index (χ0) is 22.7. The number of anilines is 2. The Hall–Kier alpha value is -2.74. The molecule has 7 nitrogen and oxygen atoms in total. The Kier molecular flexibility index (Phi) is 6.89. The molecule has 32 heavy (non-hydrogen) atoms. The highest BCUT2D eigenvalue weighted by Crippen LogP contribution is 2.29. The Morgan fingerprint density at radius 3 is 2.94 bits per heavy atom. The SMILES string of the molecule is CNc1nc([C@H]2CCCN(C(=O)CCN(C)c3cccc(F)c3)C2)nc2c1CCN(C)C2. The van der Waals surface area contributed by atoms with Gasteiger partial charge in [-0.05, 0) is 44.5 Å². The number of piperidine rings is 1. The van der Waals surface area contributed by atoms with Gasteiger partial charge in [0.1, 0.15) is 17.5 Å². The summed E-state index contributed by atoms with van der Waals surface area (Å²) in [4.78, 5) is 28.9. The third-order valence-electron chi connectivity index (χ3n) is 6.56. The van der Waals surface area contributed by atoms with Crippen LogP contribution in [0.25, 0.3) is 0 Å². The van der Waals surface area contributed by atoms with E-state index in [-0.39, 0.29) is 17.6 Å². The molecule has 0 saturated carbocycles. The van der Waals surface area contributed by atoms with Gasteiger partial charge in [-0.25, -0.2) is 14.4 Å². The summed E-state index contributed by atoms with van der Waals surface area (Å²) in [6.45, 7) is 3.82. The first-order valence-corrected chi connectivity index (χ1v) is 11.4. The first-order valence-electron chi connectivity index (χ1n) is 11.4. The van der Waals surface area contributed by atoms with E-state index in [1.165, 1.54) is 17.7 Å². The number of likely N-dealkylation sites (tertiary alicyclic amines) is 1. The molecule has 1 aromatic carbocycles. The van der Waals surface area contributed by atoms with Crippen molar-refractivity contribution < 1.29 is 9.18 Å². The number of nitrogens with zero attached hydrogens (tertiary/aromatic N) is 5. The van der Waals surface area contributed by atoms with E-state index in [0.29, 0.717) is 19.5 Å². The Labute approximate surface area is 189 Å². The molecule has 2 aliphatic rings. The summed E-state index contributed by atoms with van der Waals surface area (Å²) in [6, 6.07) is 6.46. The van der Waals surface area contributed by atoms with Crippen molar-refractivity contribution in [2.24, 2.45) is 0 Å². The van der Waals surface area contributed by atoms with Crippen molar-refractivity contribution in [3.05, 3.63) is 47.2 Å². The van der Waals surface area contributed by atoms with Crippen molar-refractivity contribution in [2.45, 2.75) is 38.1 Å². The zero-order valence-electron chi connectivity index (χ0n) is 19.3. The van der Waals surface area contributed by atoms with E-state index in [0.717, 1.165) is 61.9 Å². The van der Waals surface area contributed by atoms with Crippen molar-refractivity contribution >= 4 is 17.4 Å². The lowest BCUT2D eigenvalue weighted by Gasteiger charge is -2.33. The van der Waals surface area contributed by atoms with Crippen LogP contribution in [0.4, 0.5) is 15.9 Å². The molecule has 8 heteroatoms. The minimum atomic E-state index is -0.267. The van der Waals surface area contributed by atoms with Gasteiger partial charge in [-0.15, -0.1) is 0 Å². The van der Waals surface area contributed by atoms with Crippen molar-refractivity contribution in [3.8, 4) is 0 Å². The number of carbonyl (C=O) groups is 1. The Morgan fingerprint density at radius 2 is 2.16 bits per heavy atom. The van der Waals surface area contributed by atoms with Gasteiger partial charge < -0.3 is 20.0 Å². The normalized spacial score (nSPS) is 18.9. The molecule has 1 fully saturated rings. The third kappa shape index (κ3) is 5.01. The lowest BCUT2D eigenvalue weighted by Crippen LogP contribution is -2.41. The van der Waals surface area contributed by atoms with E-state index in [9.17, 15) is 9.18 Å². The molecule has 0 unspecified atom stereocenters. The van der Waals surface area contributed by atoms with Gasteiger partial charge >= 0.3 is 0 Å². The molecular weight excluding hydrogens is 407 g/mol. The van der Waals surface area contributed by atoms with Crippen molar-refractivity contribution in [2.75, 3.05) is 57.5 Å². The van der Waals surface area contributed by atoms with Crippen LogP contribution in [0.15, 0.2) is 24.3 Å². The highest BCUT2D eigenvalue weighted by Gasteiger charge is 2.29. The number of nitrogens with one attached hydrogen (secondary N) is 1. The van der Waals surface area contributed by atoms with Gasteiger partial charge in [0.15, 0.2) is 0 Å². The number of hydrogen-bond acceptors (Lipinski definition) is 6. The zero-order valence-corrected chi connectivity index (χ0v) is 19.3. The maximum Gasteiger partial charge on any atom is 0.224 e. The van der Waals surface area contributed by atoms with Crippen LogP contribution in [0.2, 0.25) is 0 Å². The van der Waals surface area contributed by atoms with E-state index in [1.54, 1.807) is 6.07 Å². The number of aromatic nitrogens is 2. The average molecular weight is 441 g/mol. The van der Waals surface area contributed by atoms with Crippen LogP contribution in [0.1, 0.15) is 42.3 Å².